The van der Waals surface area contributed by atoms with Crippen molar-refractivity contribution < 1.29 is 4.74 Å². The van der Waals surface area contributed by atoms with Crippen LogP contribution in [0.5, 0.6) is 5.75 Å². The highest BCUT2D eigenvalue weighted by molar-refractivity contribution is 6.31. The number of hydrogen-bond donors (Lipinski definition) is 0. The maximum atomic E-state index is 8.56. The minimum Gasteiger partial charge on any atom is -0.494 e. The van der Waals surface area contributed by atoms with Gasteiger partial charge in [0, 0.05) is 18.6 Å². The smallest absolute Gasteiger partial charge is 0.145 e. The number of rotatable bonds is 4. The molecule has 0 N–H and O–H groups in total. The van der Waals surface area contributed by atoms with Crippen molar-refractivity contribution >= 4 is 17.3 Å². The average molecular weight is 239 g/mol. The van der Waals surface area contributed by atoms with Crippen LogP contribution in [0.15, 0.2) is 12.1 Å². The summed E-state index contributed by atoms with van der Waals surface area (Å²) >= 11 is 6.01. The maximum Gasteiger partial charge on any atom is 0.145 e. The van der Waals surface area contributed by atoms with Crippen LogP contribution in [0.4, 0.5) is 5.69 Å². The zero-order chi connectivity index (χ0) is 12.1. The third-order valence-electron chi connectivity index (χ3n) is 2.39. The van der Waals surface area contributed by atoms with E-state index in [1.54, 1.807) is 7.11 Å². The molecule has 0 unspecified atom stereocenters. The SMILES string of the molecule is COc1c(C)cc(Cl)cc1N(C)CCC#N. The molecule has 0 bridgehead atoms. The van der Waals surface area contributed by atoms with E-state index in [1.165, 1.54) is 0 Å². The van der Waals surface area contributed by atoms with Gasteiger partial charge in [0.1, 0.15) is 5.75 Å². The molecule has 0 aliphatic rings. The van der Waals surface area contributed by atoms with Crippen molar-refractivity contribution in [3.05, 3.63) is 22.7 Å². The Morgan fingerprint density at radius 2 is 2.19 bits per heavy atom. The molecule has 0 aliphatic carbocycles. The highest BCUT2D eigenvalue weighted by atomic mass is 35.5. The molecule has 0 spiro atoms. The van der Waals surface area contributed by atoms with Crippen molar-refractivity contribution in [3.8, 4) is 11.8 Å². The van der Waals surface area contributed by atoms with Gasteiger partial charge < -0.3 is 9.64 Å². The summed E-state index contributed by atoms with van der Waals surface area (Å²) in [7, 11) is 3.56. The summed E-state index contributed by atoms with van der Waals surface area (Å²) < 4.78 is 5.35. The maximum absolute atomic E-state index is 8.56. The van der Waals surface area contributed by atoms with E-state index < -0.39 is 0 Å². The van der Waals surface area contributed by atoms with Crippen LogP contribution in [-0.4, -0.2) is 20.7 Å². The van der Waals surface area contributed by atoms with Crippen molar-refractivity contribution in [1.29, 1.82) is 5.26 Å². The standard InChI is InChI=1S/C12H15ClN2O/c1-9-7-10(13)8-11(12(9)16-3)15(2)6-4-5-14/h7-8H,4,6H2,1-3H3. The second-order valence-corrected chi connectivity index (χ2v) is 4.04. The zero-order valence-electron chi connectivity index (χ0n) is 9.75. The van der Waals surface area contributed by atoms with Crippen molar-refractivity contribution in [2.45, 2.75) is 13.3 Å². The van der Waals surface area contributed by atoms with Gasteiger partial charge in [-0.1, -0.05) is 11.6 Å². The zero-order valence-corrected chi connectivity index (χ0v) is 10.5. The summed E-state index contributed by atoms with van der Waals surface area (Å²) in [6, 6.07) is 5.83. The molecule has 0 radical (unpaired) electrons. The van der Waals surface area contributed by atoms with E-state index in [2.05, 4.69) is 6.07 Å². The first-order valence-corrected chi connectivity index (χ1v) is 5.40. The number of nitriles is 1. The number of halogens is 1. The van der Waals surface area contributed by atoms with Gasteiger partial charge in [0.05, 0.1) is 25.3 Å². The molecule has 0 saturated carbocycles. The summed E-state index contributed by atoms with van der Waals surface area (Å²) in [5.74, 6) is 0.810. The normalized spacial score (nSPS) is 9.69. The molecule has 16 heavy (non-hydrogen) atoms. The number of aryl methyl sites for hydroxylation is 1. The quantitative estimate of drug-likeness (QED) is 0.809. The molecule has 0 aliphatic heterocycles. The Morgan fingerprint density at radius 1 is 1.50 bits per heavy atom. The second-order valence-electron chi connectivity index (χ2n) is 3.60. The topological polar surface area (TPSA) is 36.3 Å². The van der Waals surface area contributed by atoms with Gasteiger partial charge in [-0.3, -0.25) is 0 Å². The molecule has 0 heterocycles. The van der Waals surface area contributed by atoms with Gasteiger partial charge >= 0.3 is 0 Å². The lowest BCUT2D eigenvalue weighted by atomic mass is 10.1. The van der Waals surface area contributed by atoms with E-state index in [0.717, 1.165) is 17.0 Å². The predicted octanol–water partition coefficient (Wildman–Crippen LogP) is 3.01. The van der Waals surface area contributed by atoms with Crippen LogP contribution >= 0.6 is 11.6 Å². The lowest BCUT2D eigenvalue weighted by Gasteiger charge is -2.22. The van der Waals surface area contributed by atoms with Gasteiger partial charge in [-0.2, -0.15) is 5.26 Å². The highest BCUT2D eigenvalue weighted by Crippen LogP contribution is 2.34. The molecule has 4 heteroatoms. The van der Waals surface area contributed by atoms with Crippen molar-refractivity contribution in [2.75, 3.05) is 25.6 Å². The lowest BCUT2D eigenvalue weighted by molar-refractivity contribution is 0.412. The van der Waals surface area contributed by atoms with Crippen LogP contribution < -0.4 is 9.64 Å². The largest absolute Gasteiger partial charge is 0.494 e. The molecular formula is C12H15ClN2O. The Labute approximate surface area is 101 Å². The molecule has 0 amide bonds. The number of methoxy groups -OCH3 is 1. The molecule has 1 aromatic rings. The Morgan fingerprint density at radius 3 is 2.75 bits per heavy atom. The molecule has 1 aromatic carbocycles. The summed E-state index contributed by atoms with van der Waals surface area (Å²) in [5, 5.41) is 9.24. The van der Waals surface area contributed by atoms with Gasteiger partial charge in [-0.15, -0.1) is 0 Å². The van der Waals surface area contributed by atoms with Crippen LogP contribution in [0.2, 0.25) is 5.02 Å². The summed E-state index contributed by atoms with van der Waals surface area (Å²) in [6.45, 7) is 2.61. The van der Waals surface area contributed by atoms with Gasteiger partial charge in [-0.25, -0.2) is 0 Å². The first kappa shape index (κ1) is 12.7. The first-order chi connectivity index (χ1) is 7.60. The summed E-state index contributed by atoms with van der Waals surface area (Å²) in [5.41, 5.74) is 1.91. The number of hydrogen-bond acceptors (Lipinski definition) is 3. The van der Waals surface area contributed by atoms with E-state index in [1.807, 2.05) is 31.0 Å². The lowest BCUT2D eigenvalue weighted by Crippen LogP contribution is -2.19. The minimum atomic E-state index is 0.477. The van der Waals surface area contributed by atoms with E-state index in [-0.39, 0.29) is 0 Å². The predicted molar refractivity (Wildman–Crippen MR) is 66.2 cm³/mol. The number of anilines is 1. The van der Waals surface area contributed by atoms with Gasteiger partial charge in [0.25, 0.3) is 0 Å². The molecule has 1 rings (SSSR count). The van der Waals surface area contributed by atoms with E-state index >= 15 is 0 Å². The third-order valence-corrected chi connectivity index (χ3v) is 2.61. The molecule has 0 fully saturated rings. The van der Waals surface area contributed by atoms with Gasteiger partial charge in [0.2, 0.25) is 0 Å². The van der Waals surface area contributed by atoms with Crippen LogP contribution in [-0.2, 0) is 0 Å². The molecule has 86 valence electrons. The molecular weight excluding hydrogens is 224 g/mol. The van der Waals surface area contributed by atoms with Crippen molar-refractivity contribution in [1.82, 2.24) is 0 Å². The summed E-state index contributed by atoms with van der Waals surface area (Å²) in [4.78, 5) is 1.97. The second kappa shape index (κ2) is 5.62. The van der Waals surface area contributed by atoms with Crippen molar-refractivity contribution in [2.24, 2.45) is 0 Å². The number of nitrogens with zero attached hydrogens (tertiary/aromatic N) is 2. The van der Waals surface area contributed by atoms with Crippen LogP contribution in [0, 0.1) is 18.3 Å². The van der Waals surface area contributed by atoms with Crippen molar-refractivity contribution in [3.63, 3.8) is 0 Å². The van der Waals surface area contributed by atoms with Crippen LogP contribution in [0.3, 0.4) is 0 Å². The molecule has 3 nitrogen and oxygen atoms in total. The molecule has 0 aromatic heterocycles. The Balaban J connectivity index is 3.06. The number of benzene rings is 1. The third kappa shape index (κ3) is 2.80. The minimum absolute atomic E-state index is 0.477. The Bertz CT molecular complexity index is 412. The number of ether oxygens (including phenoxy) is 1. The van der Waals surface area contributed by atoms with Gasteiger partial charge in [-0.05, 0) is 24.6 Å². The van der Waals surface area contributed by atoms with E-state index in [9.17, 15) is 0 Å². The molecule has 0 atom stereocenters. The van der Waals surface area contributed by atoms with E-state index in [0.29, 0.717) is 18.0 Å². The first-order valence-electron chi connectivity index (χ1n) is 5.02. The Hall–Kier alpha value is -1.40. The monoisotopic (exact) mass is 238 g/mol. The summed E-state index contributed by atoms with van der Waals surface area (Å²) in [6.07, 6.45) is 0.477. The fourth-order valence-corrected chi connectivity index (χ4v) is 1.87. The highest BCUT2D eigenvalue weighted by Gasteiger charge is 2.11. The van der Waals surface area contributed by atoms with E-state index in [4.69, 9.17) is 21.6 Å². The fraction of sp³-hybridized carbons (Fsp3) is 0.417. The average Bonchev–Trinajstić information content (AvgIpc) is 2.24. The molecule has 0 saturated heterocycles. The fourth-order valence-electron chi connectivity index (χ4n) is 1.60. The van der Waals surface area contributed by atoms with Gasteiger partial charge in [0.15, 0.2) is 0 Å². The van der Waals surface area contributed by atoms with Crippen LogP contribution in [0.25, 0.3) is 0 Å². The van der Waals surface area contributed by atoms with Crippen LogP contribution in [0.1, 0.15) is 12.0 Å². The Kier molecular flexibility index (Phi) is 4.45.